The topological polar surface area (TPSA) is 50.7 Å². The number of hydrogen-bond acceptors (Lipinski definition) is 3. The molecule has 0 saturated carbocycles. The van der Waals surface area contributed by atoms with Crippen molar-refractivity contribution < 1.29 is 14.0 Å². The molecule has 4 nitrogen and oxygen atoms in total. The number of carbonyl (C=O) groups is 1. The van der Waals surface area contributed by atoms with E-state index in [0.717, 1.165) is 16.7 Å². The molecule has 130 valence electrons. The Hall–Kier alpha value is -3.47. The molecule has 0 atom stereocenters. The molecule has 0 unspecified atom stereocenters. The summed E-state index contributed by atoms with van der Waals surface area (Å²) in [4.78, 5) is 16.7. The van der Waals surface area contributed by atoms with Gasteiger partial charge in [-0.25, -0.2) is 9.18 Å². The van der Waals surface area contributed by atoms with Crippen LogP contribution in [0.2, 0.25) is 0 Å². The molecule has 0 aromatic heterocycles. The molecule has 0 saturated heterocycles. The number of oxime groups is 1. The lowest BCUT2D eigenvalue weighted by atomic mass is 10.0. The fourth-order valence-corrected chi connectivity index (χ4v) is 2.39. The highest BCUT2D eigenvalue weighted by atomic mass is 19.1. The number of nitrogens with one attached hydrogen (secondary N) is 1. The van der Waals surface area contributed by atoms with Crippen molar-refractivity contribution in [2.45, 2.75) is 6.92 Å². The Morgan fingerprint density at radius 3 is 2.35 bits per heavy atom. The molecule has 0 aliphatic carbocycles. The molecule has 0 fully saturated rings. The Balaban J connectivity index is 1.67. The molecule has 1 N–H and O–H groups in total. The first-order valence-corrected chi connectivity index (χ1v) is 8.06. The van der Waals surface area contributed by atoms with Crippen LogP contribution < -0.4 is 5.32 Å². The first-order valence-electron chi connectivity index (χ1n) is 8.06. The third kappa shape index (κ3) is 4.54. The molecule has 1 amide bonds. The number of hydrogen-bond donors (Lipinski definition) is 1. The number of benzene rings is 3. The number of rotatable bonds is 4. The lowest BCUT2D eigenvalue weighted by Gasteiger charge is -2.06. The molecule has 3 aromatic carbocycles. The van der Waals surface area contributed by atoms with E-state index in [9.17, 15) is 9.18 Å². The summed E-state index contributed by atoms with van der Waals surface area (Å²) in [6.45, 7) is 1.76. The van der Waals surface area contributed by atoms with E-state index < -0.39 is 6.09 Å². The SMILES string of the molecule is CC(=NOC(=O)Nc1ccc(F)cc1)c1cccc(-c2ccccc2)c1. The monoisotopic (exact) mass is 348 g/mol. The van der Waals surface area contributed by atoms with E-state index in [1.807, 2.05) is 54.6 Å². The maximum atomic E-state index is 12.9. The van der Waals surface area contributed by atoms with Crippen LogP contribution in [-0.4, -0.2) is 11.8 Å². The number of halogens is 1. The van der Waals surface area contributed by atoms with Crippen molar-refractivity contribution in [2.24, 2.45) is 5.16 Å². The molecule has 3 rings (SSSR count). The number of nitrogens with zero attached hydrogens (tertiary/aromatic N) is 1. The third-order valence-corrected chi connectivity index (χ3v) is 3.74. The smallest absolute Gasteiger partial charge is 0.298 e. The van der Waals surface area contributed by atoms with Gasteiger partial charge in [-0.05, 0) is 53.9 Å². The van der Waals surface area contributed by atoms with Gasteiger partial charge >= 0.3 is 6.09 Å². The fraction of sp³-hybridized carbons (Fsp3) is 0.0476. The van der Waals surface area contributed by atoms with Crippen molar-refractivity contribution in [2.75, 3.05) is 5.32 Å². The molecular formula is C21H17FN2O2. The van der Waals surface area contributed by atoms with Gasteiger partial charge in [0.05, 0.1) is 5.71 Å². The van der Waals surface area contributed by atoms with Gasteiger partial charge in [-0.3, -0.25) is 10.2 Å². The highest BCUT2D eigenvalue weighted by Crippen LogP contribution is 2.20. The van der Waals surface area contributed by atoms with Gasteiger partial charge in [0.15, 0.2) is 0 Å². The minimum atomic E-state index is -0.741. The predicted octanol–water partition coefficient (Wildman–Crippen LogP) is 5.47. The van der Waals surface area contributed by atoms with Crippen molar-refractivity contribution in [3.05, 3.63) is 90.2 Å². The Morgan fingerprint density at radius 1 is 0.923 bits per heavy atom. The normalized spacial score (nSPS) is 11.1. The molecule has 0 radical (unpaired) electrons. The second-order valence-electron chi connectivity index (χ2n) is 5.63. The summed E-state index contributed by atoms with van der Waals surface area (Å²) in [5.74, 6) is -0.379. The van der Waals surface area contributed by atoms with Gasteiger partial charge < -0.3 is 0 Å². The molecule has 0 aliphatic heterocycles. The van der Waals surface area contributed by atoms with Gasteiger partial charge in [-0.1, -0.05) is 53.7 Å². The molecular weight excluding hydrogens is 331 g/mol. The van der Waals surface area contributed by atoms with E-state index in [0.29, 0.717) is 11.4 Å². The lowest BCUT2D eigenvalue weighted by Crippen LogP contribution is -2.12. The van der Waals surface area contributed by atoms with Gasteiger partial charge in [0, 0.05) is 5.69 Å². The van der Waals surface area contributed by atoms with Crippen LogP contribution in [0.1, 0.15) is 12.5 Å². The summed E-state index contributed by atoms with van der Waals surface area (Å²) in [7, 11) is 0. The highest BCUT2D eigenvalue weighted by Gasteiger charge is 2.06. The van der Waals surface area contributed by atoms with Crippen LogP contribution in [0, 0.1) is 5.82 Å². The first-order chi connectivity index (χ1) is 12.6. The summed E-state index contributed by atoms with van der Waals surface area (Å²) >= 11 is 0. The molecule has 3 aromatic rings. The molecule has 0 heterocycles. The summed E-state index contributed by atoms with van der Waals surface area (Å²) in [5.41, 5.74) is 3.99. The van der Waals surface area contributed by atoms with Gasteiger partial charge in [0.2, 0.25) is 0 Å². The first kappa shape index (κ1) is 17.4. The maximum Gasteiger partial charge on any atom is 0.437 e. The van der Waals surface area contributed by atoms with Crippen LogP contribution in [0.3, 0.4) is 0 Å². The minimum absolute atomic E-state index is 0.379. The summed E-state index contributed by atoms with van der Waals surface area (Å²) in [5, 5.41) is 6.35. The van der Waals surface area contributed by atoms with Crippen LogP contribution in [0.25, 0.3) is 11.1 Å². The van der Waals surface area contributed by atoms with Crippen molar-refractivity contribution >= 4 is 17.5 Å². The van der Waals surface area contributed by atoms with E-state index in [1.54, 1.807) is 6.92 Å². The highest BCUT2D eigenvalue weighted by molar-refractivity contribution is 5.99. The van der Waals surface area contributed by atoms with Crippen LogP contribution >= 0.6 is 0 Å². The zero-order valence-corrected chi connectivity index (χ0v) is 14.1. The molecule has 0 spiro atoms. The van der Waals surface area contributed by atoms with Gasteiger partial charge in [-0.15, -0.1) is 0 Å². The fourth-order valence-electron chi connectivity index (χ4n) is 2.39. The maximum absolute atomic E-state index is 12.9. The van der Waals surface area contributed by atoms with Crippen molar-refractivity contribution in [1.82, 2.24) is 0 Å². The van der Waals surface area contributed by atoms with E-state index in [1.165, 1.54) is 24.3 Å². The van der Waals surface area contributed by atoms with Gasteiger partial charge in [0.25, 0.3) is 0 Å². The second kappa shape index (κ2) is 8.07. The van der Waals surface area contributed by atoms with Crippen molar-refractivity contribution in [3.8, 4) is 11.1 Å². The van der Waals surface area contributed by atoms with E-state index in [-0.39, 0.29) is 5.82 Å². The summed E-state index contributed by atoms with van der Waals surface area (Å²) < 4.78 is 12.9. The van der Waals surface area contributed by atoms with Crippen LogP contribution in [0.15, 0.2) is 84.0 Å². The molecule has 5 heteroatoms. The van der Waals surface area contributed by atoms with E-state index in [4.69, 9.17) is 4.84 Å². The standard InChI is InChI=1S/C21H17FN2O2/c1-15(24-26-21(25)23-20-12-10-19(22)11-13-20)17-8-5-9-18(14-17)16-6-3-2-4-7-16/h2-14H,1H3,(H,23,25). The summed E-state index contributed by atoms with van der Waals surface area (Å²) in [6.07, 6.45) is -0.741. The van der Waals surface area contributed by atoms with Gasteiger partial charge in [-0.2, -0.15) is 0 Å². The minimum Gasteiger partial charge on any atom is -0.298 e. The average molecular weight is 348 g/mol. The summed E-state index contributed by atoms with van der Waals surface area (Å²) in [6, 6.07) is 23.2. The average Bonchev–Trinajstić information content (AvgIpc) is 2.69. The largest absolute Gasteiger partial charge is 0.437 e. The molecule has 0 aliphatic rings. The van der Waals surface area contributed by atoms with Crippen molar-refractivity contribution in [3.63, 3.8) is 0 Å². The second-order valence-corrected chi connectivity index (χ2v) is 5.63. The van der Waals surface area contributed by atoms with Crippen molar-refractivity contribution in [1.29, 1.82) is 0 Å². The molecule has 26 heavy (non-hydrogen) atoms. The zero-order valence-electron chi connectivity index (χ0n) is 14.1. The van der Waals surface area contributed by atoms with E-state index >= 15 is 0 Å². The predicted molar refractivity (Wildman–Crippen MR) is 101 cm³/mol. The Kier molecular flexibility index (Phi) is 5.39. The Bertz CT molecular complexity index is 922. The third-order valence-electron chi connectivity index (χ3n) is 3.74. The van der Waals surface area contributed by atoms with E-state index in [2.05, 4.69) is 10.5 Å². The van der Waals surface area contributed by atoms with Gasteiger partial charge in [0.1, 0.15) is 5.82 Å². The van der Waals surface area contributed by atoms with Crippen LogP contribution in [0.4, 0.5) is 14.9 Å². The van der Waals surface area contributed by atoms with Crippen LogP contribution in [-0.2, 0) is 4.84 Å². The van der Waals surface area contributed by atoms with Crippen LogP contribution in [0.5, 0.6) is 0 Å². The quantitative estimate of drug-likeness (QED) is 0.386. The number of amides is 1. The Morgan fingerprint density at radius 2 is 1.62 bits per heavy atom. The zero-order chi connectivity index (χ0) is 18.4. The molecule has 0 bridgehead atoms. The Labute approximate surface area is 150 Å². The number of carbonyl (C=O) groups excluding carboxylic acids is 1. The lowest BCUT2D eigenvalue weighted by molar-refractivity contribution is 0.166. The number of anilines is 1.